The number of thioether (sulfide) groups is 1. The Bertz CT molecular complexity index is 566. The summed E-state index contributed by atoms with van der Waals surface area (Å²) in [6, 6.07) is 8.51. The maximum absolute atomic E-state index is 11.8. The Morgan fingerprint density at radius 3 is 2.57 bits per heavy atom. The summed E-state index contributed by atoms with van der Waals surface area (Å²) in [7, 11) is 0. The van der Waals surface area contributed by atoms with Crippen LogP contribution >= 0.6 is 11.8 Å². The van der Waals surface area contributed by atoms with Gasteiger partial charge in [0.25, 0.3) is 0 Å². The molecule has 0 fully saturated rings. The van der Waals surface area contributed by atoms with Gasteiger partial charge in [0, 0.05) is 17.0 Å². The Morgan fingerprint density at radius 2 is 1.91 bits per heavy atom. The van der Waals surface area contributed by atoms with Crippen LogP contribution in [-0.2, 0) is 4.74 Å². The van der Waals surface area contributed by atoms with Crippen molar-refractivity contribution in [2.24, 2.45) is 0 Å². The summed E-state index contributed by atoms with van der Waals surface area (Å²) in [5.41, 5.74) is 0.777. The van der Waals surface area contributed by atoms with Gasteiger partial charge < -0.3 is 15.0 Å². The third kappa shape index (κ3) is 4.56. The molecule has 4 nitrogen and oxygen atoms in total. The summed E-state index contributed by atoms with van der Waals surface area (Å²) in [5, 5.41) is 3.26. The van der Waals surface area contributed by atoms with E-state index in [1.807, 2.05) is 32.5 Å². The van der Waals surface area contributed by atoms with E-state index in [1.165, 1.54) is 10.6 Å². The number of alkyl carbamates (subject to hydrolysis) is 1. The van der Waals surface area contributed by atoms with E-state index in [2.05, 4.69) is 55.3 Å². The molecule has 1 aromatic carbocycles. The highest BCUT2D eigenvalue weighted by Gasteiger charge is 2.36. The average Bonchev–Trinajstić information content (AvgIpc) is 2.72. The van der Waals surface area contributed by atoms with Gasteiger partial charge in [-0.25, -0.2) is 4.79 Å². The highest BCUT2D eigenvalue weighted by Crippen LogP contribution is 2.47. The quantitative estimate of drug-likeness (QED) is 0.870. The molecule has 23 heavy (non-hydrogen) atoms. The Morgan fingerprint density at radius 1 is 1.26 bits per heavy atom. The molecule has 0 bridgehead atoms. The van der Waals surface area contributed by atoms with Gasteiger partial charge in [0.2, 0.25) is 0 Å². The number of ether oxygens (including phenoxy) is 1. The van der Waals surface area contributed by atoms with E-state index in [-0.39, 0.29) is 11.6 Å². The van der Waals surface area contributed by atoms with Gasteiger partial charge in [0.05, 0.1) is 11.1 Å². The summed E-state index contributed by atoms with van der Waals surface area (Å²) >= 11 is 1.89. The molecule has 1 heterocycles. The summed E-state index contributed by atoms with van der Waals surface area (Å²) < 4.78 is 5.29. The third-order valence-corrected chi connectivity index (χ3v) is 4.99. The van der Waals surface area contributed by atoms with Crippen molar-refractivity contribution < 1.29 is 9.53 Å². The first kappa shape index (κ1) is 18.0. The zero-order valence-corrected chi connectivity index (χ0v) is 15.8. The van der Waals surface area contributed by atoms with Gasteiger partial charge >= 0.3 is 6.09 Å². The van der Waals surface area contributed by atoms with Crippen LogP contribution in [0.5, 0.6) is 0 Å². The van der Waals surface area contributed by atoms with E-state index in [1.54, 1.807) is 0 Å². The molecule has 5 heteroatoms. The van der Waals surface area contributed by atoms with E-state index in [0.29, 0.717) is 11.9 Å². The van der Waals surface area contributed by atoms with Crippen molar-refractivity contribution in [2.75, 3.05) is 11.4 Å². The number of nitrogens with zero attached hydrogens (tertiary/aromatic N) is 1. The molecule has 0 saturated heterocycles. The minimum atomic E-state index is -0.460. The number of benzene rings is 1. The third-order valence-electron chi connectivity index (χ3n) is 3.84. The number of carbonyl (C=O) groups is 1. The molecule has 0 saturated carbocycles. The molecule has 0 spiro atoms. The van der Waals surface area contributed by atoms with E-state index < -0.39 is 5.60 Å². The zero-order chi connectivity index (χ0) is 17.3. The molecule has 1 aliphatic heterocycles. The summed E-state index contributed by atoms with van der Waals surface area (Å²) in [6.45, 7) is 12.9. The molecule has 2 rings (SSSR count). The van der Waals surface area contributed by atoms with Crippen molar-refractivity contribution in [3.05, 3.63) is 24.3 Å². The van der Waals surface area contributed by atoms with Crippen LogP contribution in [0, 0.1) is 0 Å². The molecule has 1 aliphatic rings. The number of rotatable bonds is 4. The lowest BCUT2D eigenvalue weighted by molar-refractivity contribution is 0.0525. The highest BCUT2D eigenvalue weighted by atomic mass is 32.2. The fourth-order valence-electron chi connectivity index (χ4n) is 2.91. The van der Waals surface area contributed by atoms with Crippen LogP contribution in [0.2, 0.25) is 0 Å². The van der Waals surface area contributed by atoms with Crippen molar-refractivity contribution in [3.8, 4) is 0 Å². The lowest BCUT2D eigenvalue weighted by atomic mass is 9.97. The molecule has 0 radical (unpaired) electrons. The Hall–Kier alpha value is -1.36. The maximum Gasteiger partial charge on any atom is 0.407 e. The minimum Gasteiger partial charge on any atom is -0.444 e. The molecule has 0 aliphatic carbocycles. The summed E-state index contributed by atoms with van der Waals surface area (Å²) in [6.07, 6.45) is 0.503. The molecular formula is C18H28N2O2S. The van der Waals surface area contributed by atoms with Gasteiger partial charge in [-0.05, 0) is 60.1 Å². The van der Waals surface area contributed by atoms with Crippen LogP contribution in [0.3, 0.4) is 0 Å². The van der Waals surface area contributed by atoms with Crippen molar-refractivity contribution >= 4 is 23.5 Å². The lowest BCUT2D eigenvalue weighted by Crippen LogP contribution is -2.48. The number of nitrogens with one attached hydrogen (secondary N) is 1. The number of carbonyl (C=O) groups excluding carboxylic acids is 1. The van der Waals surface area contributed by atoms with E-state index in [0.717, 1.165) is 6.42 Å². The minimum absolute atomic E-state index is 0.0476. The fraction of sp³-hybridized carbons (Fsp3) is 0.611. The Kier molecular flexibility index (Phi) is 5.19. The molecule has 1 N–H and O–H groups in total. The average molecular weight is 337 g/mol. The topological polar surface area (TPSA) is 41.6 Å². The number of amides is 1. The Balaban J connectivity index is 1.96. The second kappa shape index (κ2) is 6.63. The van der Waals surface area contributed by atoms with Crippen LogP contribution in [0.25, 0.3) is 0 Å². The number of fused-ring (bicyclic) bond motifs is 1. The van der Waals surface area contributed by atoms with Crippen LogP contribution in [-0.4, -0.2) is 29.2 Å². The van der Waals surface area contributed by atoms with E-state index >= 15 is 0 Å². The summed E-state index contributed by atoms with van der Waals surface area (Å²) in [4.78, 5) is 15.6. The molecule has 1 atom stereocenters. The summed E-state index contributed by atoms with van der Waals surface area (Å²) in [5.74, 6) is 0. The number of para-hydroxylation sites is 1. The predicted molar refractivity (Wildman–Crippen MR) is 97.2 cm³/mol. The highest BCUT2D eigenvalue weighted by molar-refractivity contribution is 8.00. The monoisotopic (exact) mass is 336 g/mol. The first-order chi connectivity index (χ1) is 10.6. The SMILES string of the molecule is CC1Sc2ccccc2N1C(C)(C)CCNC(=O)OC(C)(C)C. The second-order valence-corrected chi connectivity index (χ2v) is 8.90. The van der Waals surface area contributed by atoms with Gasteiger partial charge in [-0.3, -0.25) is 0 Å². The molecule has 0 aromatic heterocycles. The van der Waals surface area contributed by atoms with Gasteiger partial charge in [-0.15, -0.1) is 0 Å². The van der Waals surface area contributed by atoms with Crippen molar-refractivity contribution in [2.45, 2.75) is 69.4 Å². The van der Waals surface area contributed by atoms with Gasteiger partial charge in [-0.2, -0.15) is 0 Å². The first-order valence-electron chi connectivity index (χ1n) is 8.12. The molecule has 1 unspecified atom stereocenters. The molecule has 1 aromatic rings. The van der Waals surface area contributed by atoms with Crippen molar-refractivity contribution in [3.63, 3.8) is 0 Å². The van der Waals surface area contributed by atoms with Crippen molar-refractivity contribution in [1.82, 2.24) is 5.32 Å². The standard InChI is InChI=1S/C18H28N2O2S/c1-13-20(14-9-7-8-10-15(14)23-13)18(5,6)11-12-19-16(21)22-17(2,3)4/h7-10,13H,11-12H2,1-6H3,(H,19,21). The molecule has 1 amide bonds. The lowest BCUT2D eigenvalue weighted by Gasteiger charge is -2.40. The van der Waals surface area contributed by atoms with Gasteiger partial charge in [-0.1, -0.05) is 23.9 Å². The zero-order valence-electron chi connectivity index (χ0n) is 15.0. The number of hydrogen-bond donors (Lipinski definition) is 1. The van der Waals surface area contributed by atoms with Crippen LogP contribution in [0.1, 0.15) is 48.0 Å². The molecular weight excluding hydrogens is 308 g/mol. The number of hydrogen-bond acceptors (Lipinski definition) is 4. The van der Waals surface area contributed by atoms with Gasteiger partial charge in [0.1, 0.15) is 5.60 Å². The second-order valence-electron chi connectivity index (χ2n) is 7.55. The smallest absolute Gasteiger partial charge is 0.407 e. The fourth-order valence-corrected chi connectivity index (χ4v) is 4.23. The predicted octanol–water partition coefficient (Wildman–Crippen LogP) is 4.64. The maximum atomic E-state index is 11.8. The van der Waals surface area contributed by atoms with Gasteiger partial charge in [0.15, 0.2) is 0 Å². The largest absolute Gasteiger partial charge is 0.444 e. The Labute approximate surface area is 144 Å². The van der Waals surface area contributed by atoms with Crippen LogP contribution in [0.4, 0.5) is 10.5 Å². The van der Waals surface area contributed by atoms with E-state index in [4.69, 9.17) is 4.74 Å². The van der Waals surface area contributed by atoms with Crippen molar-refractivity contribution in [1.29, 1.82) is 0 Å². The van der Waals surface area contributed by atoms with Crippen LogP contribution < -0.4 is 10.2 Å². The number of anilines is 1. The molecule has 128 valence electrons. The first-order valence-corrected chi connectivity index (χ1v) is 9.00. The normalized spacial score (nSPS) is 17.8. The van der Waals surface area contributed by atoms with Crippen LogP contribution in [0.15, 0.2) is 29.2 Å². The van der Waals surface area contributed by atoms with E-state index in [9.17, 15) is 4.79 Å².